The molecule has 7 heteroatoms. The Morgan fingerprint density at radius 3 is 2.91 bits per heavy atom. The van der Waals surface area contributed by atoms with Crippen molar-refractivity contribution in [2.45, 2.75) is 32.7 Å². The molecule has 3 rings (SSSR count). The van der Waals surface area contributed by atoms with E-state index < -0.39 is 4.92 Å². The maximum atomic E-state index is 12.1. The molecular formula is C15H16N4O3. The Hall–Kier alpha value is -2.70. The summed E-state index contributed by atoms with van der Waals surface area (Å²) in [5, 5.41) is 13.5. The first-order chi connectivity index (χ1) is 10.5. The van der Waals surface area contributed by atoms with Gasteiger partial charge in [-0.25, -0.2) is 0 Å². The number of hydrogen-bond donors (Lipinski definition) is 1. The Labute approximate surface area is 127 Å². The van der Waals surface area contributed by atoms with Crippen LogP contribution in [0.1, 0.15) is 23.4 Å². The number of imidazole rings is 1. The molecule has 0 fully saturated rings. The van der Waals surface area contributed by atoms with Gasteiger partial charge >= 0.3 is 5.82 Å². The molecule has 0 saturated heterocycles. The summed E-state index contributed by atoms with van der Waals surface area (Å²) >= 11 is 0. The molecule has 22 heavy (non-hydrogen) atoms. The zero-order valence-electron chi connectivity index (χ0n) is 12.2. The first-order valence-corrected chi connectivity index (χ1v) is 7.13. The first kappa shape index (κ1) is 14.2. The summed E-state index contributed by atoms with van der Waals surface area (Å²) in [6.07, 6.45) is 4.58. The topological polar surface area (TPSA) is 90.1 Å². The number of benzene rings is 1. The van der Waals surface area contributed by atoms with Gasteiger partial charge in [-0.3, -0.25) is 9.36 Å². The monoisotopic (exact) mass is 300 g/mol. The fraction of sp³-hybridized carbons (Fsp3) is 0.333. The lowest BCUT2D eigenvalue weighted by atomic mass is 10.1. The van der Waals surface area contributed by atoms with E-state index in [-0.39, 0.29) is 18.3 Å². The molecule has 1 aliphatic carbocycles. The number of anilines is 1. The second-order valence-corrected chi connectivity index (χ2v) is 5.42. The van der Waals surface area contributed by atoms with E-state index in [1.165, 1.54) is 21.9 Å². The molecule has 0 saturated carbocycles. The highest BCUT2D eigenvalue weighted by Crippen LogP contribution is 2.24. The normalized spacial score (nSPS) is 13.0. The number of amides is 1. The van der Waals surface area contributed by atoms with E-state index in [4.69, 9.17) is 0 Å². The third kappa shape index (κ3) is 2.83. The van der Waals surface area contributed by atoms with E-state index in [0.29, 0.717) is 5.82 Å². The predicted octanol–water partition coefficient (Wildman–Crippen LogP) is 2.23. The lowest BCUT2D eigenvalue weighted by Gasteiger charge is -2.08. The fourth-order valence-corrected chi connectivity index (χ4v) is 2.74. The lowest BCUT2D eigenvalue weighted by Crippen LogP contribution is -2.19. The van der Waals surface area contributed by atoms with Crippen molar-refractivity contribution in [1.29, 1.82) is 0 Å². The van der Waals surface area contributed by atoms with Gasteiger partial charge in [-0.1, -0.05) is 6.07 Å². The summed E-state index contributed by atoms with van der Waals surface area (Å²) in [5.41, 5.74) is 3.39. The Morgan fingerprint density at radius 2 is 2.18 bits per heavy atom. The molecular weight excluding hydrogens is 284 g/mol. The number of nitro groups is 1. The summed E-state index contributed by atoms with van der Waals surface area (Å²) in [6, 6.07) is 5.94. The summed E-state index contributed by atoms with van der Waals surface area (Å²) in [5.74, 6) is -0.0352. The molecule has 114 valence electrons. The summed E-state index contributed by atoms with van der Waals surface area (Å²) in [4.78, 5) is 26.0. The van der Waals surface area contributed by atoms with Crippen LogP contribution in [-0.2, 0) is 24.2 Å². The average molecular weight is 300 g/mol. The number of aromatic nitrogens is 2. The first-order valence-electron chi connectivity index (χ1n) is 7.13. The molecule has 1 aromatic heterocycles. The second-order valence-electron chi connectivity index (χ2n) is 5.42. The van der Waals surface area contributed by atoms with E-state index >= 15 is 0 Å². The molecule has 0 aliphatic heterocycles. The third-order valence-corrected chi connectivity index (χ3v) is 3.85. The van der Waals surface area contributed by atoms with Crippen LogP contribution in [0.5, 0.6) is 0 Å². The molecule has 1 aliphatic rings. The Bertz CT molecular complexity index is 751. The van der Waals surface area contributed by atoms with Gasteiger partial charge in [0.25, 0.3) is 0 Å². The van der Waals surface area contributed by atoms with E-state index in [1.54, 1.807) is 6.92 Å². The smallest absolute Gasteiger partial charge is 0.358 e. The maximum absolute atomic E-state index is 12.1. The average Bonchev–Trinajstić information content (AvgIpc) is 3.05. The molecule has 1 heterocycles. The fourth-order valence-electron chi connectivity index (χ4n) is 2.74. The van der Waals surface area contributed by atoms with Crippen LogP contribution in [0, 0.1) is 17.0 Å². The summed E-state index contributed by atoms with van der Waals surface area (Å²) in [7, 11) is 0. The SMILES string of the molecule is Cc1nc([N+](=O)[O-])cn1CC(=O)Nc1ccc2c(c1)CCC2. The summed E-state index contributed by atoms with van der Waals surface area (Å²) < 4.78 is 1.47. The molecule has 1 N–H and O–H groups in total. The van der Waals surface area contributed by atoms with Crippen LogP contribution < -0.4 is 5.32 Å². The van der Waals surface area contributed by atoms with Crippen molar-refractivity contribution in [3.05, 3.63) is 51.5 Å². The largest absolute Gasteiger partial charge is 0.381 e. The van der Waals surface area contributed by atoms with Crippen LogP contribution in [0.2, 0.25) is 0 Å². The molecule has 0 radical (unpaired) electrons. The molecule has 7 nitrogen and oxygen atoms in total. The minimum absolute atomic E-state index is 0.00373. The van der Waals surface area contributed by atoms with Gasteiger partial charge < -0.3 is 15.4 Å². The van der Waals surface area contributed by atoms with Gasteiger partial charge in [-0.2, -0.15) is 0 Å². The number of carbonyl (C=O) groups excluding carboxylic acids is 1. The zero-order valence-corrected chi connectivity index (χ0v) is 12.2. The van der Waals surface area contributed by atoms with Gasteiger partial charge in [-0.05, 0) is 52.4 Å². The number of aryl methyl sites for hydroxylation is 3. The number of nitrogens with one attached hydrogen (secondary N) is 1. The van der Waals surface area contributed by atoms with Crippen LogP contribution >= 0.6 is 0 Å². The molecule has 0 bridgehead atoms. The van der Waals surface area contributed by atoms with Crippen molar-refractivity contribution < 1.29 is 9.72 Å². The highest BCUT2D eigenvalue weighted by atomic mass is 16.6. The molecule has 0 spiro atoms. The van der Waals surface area contributed by atoms with E-state index in [2.05, 4.69) is 10.3 Å². The minimum Gasteiger partial charge on any atom is -0.358 e. The number of hydrogen-bond acceptors (Lipinski definition) is 4. The van der Waals surface area contributed by atoms with Gasteiger partial charge in [0, 0.05) is 12.6 Å². The number of rotatable bonds is 4. The highest BCUT2D eigenvalue weighted by molar-refractivity contribution is 5.90. The van der Waals surface area contributed by atoms with Crippen LogP contribution in [0.25, 0.3) is 0 Å². The van der Waals surface area contributed by atoms with Gasteiger partial charge in [0.1, 0.15) is 12.7 Å². The molecule has 0 atom stereocenters. The molecule has 1 amide bonds. The van der Waals surface area contributed by atoms with Crippen molar-refractivity contribution in [3.63, 3.8) is 0 Å². The van der Waals surface area contributed by atoms with Gasteiger partial charge in [0.15, 0.2) is 0 Å². The van der Waals surface area contributed by atoms with E-state index in [1.807, 2.05) is 18.2 Å². The molecule has 2 aromatic rings. The number of nitrogens with zero attached hydrogens (tertiary/aromatic N) is 3. The number of fused-ring (bicyclic) bond motifs is 1. The van der Waals surface area contributed by atoms with Crippen molar-refractivity contribution in [2.75, 3.05) is 5.32 Å². The van der Waals surface area contributed by atoms with Crippen LogP contribution in [0.15, 0.2) is 24.4 Å². The van der Waals surface area contributed by atoms with Crippen LogP contribution in [-0.4, -0.2) is 20.4 Å². The molecule has 1 aromatic carbocycles. The standard InChI is InChI=1S/C15H16N4O3/c1-10-16-14(19(21)22)8-18(10)9-15(20)17-13-6-5-11-3-2-4-12(11)7-13/h5-8H,2-4,9H2,1H3,(H,17,20). The Morgan fingerprint density at radius 1 is 1.41 bits per heavy atom. The van der Waals surface area contributed by atoms with Gasteiger partial charge in [0.05, 0.1) is 0 Å². The lowest BCUT2D eigenvalue weighted by molar-refractivity contribution is -0.389. The zero-order chi connectivity index (χ0) is 15.7. The Balaban J connectivity index is 1.69. The predicted molar refractivity (Wildman–Crippen MR) is 80.7 cm³/mol. The van der Waals surface area contributed by atoms with Crippen molar-refractivity contribution >= 4 is 17.4 Å². The Kier molecular flexibility index (Phi) is 3.62. The van der Waals surface area contributed by atoms with Crippen molar-refractivity contribution in [3.8, 4) is 0 Å². The highest BCUT2D eigenvalue weighted by Gasteiger charge is 2.17. The summed E-state index contributed by atoms with van der Waals surface area (Å²) in [6.45, 7) is 1.64. The number of carbonyl (C=O) groups is 1. The minimum atomic E-state index is -0.568. The van der Waals surface area contributed by atoms with E-state index in [0.717, 1.165) is 24.9 Å². The maximum Gasteiger partial charge on any atom is 0.381 e. The van der Waals surface area contributed by atoms with Gasteiger partial charge in [-0.15, -0.1) is 0 Å². The third-order valence-electron chi connectivity index (χ3n) is 3.85. The molecule has 0 unspecified atom stereocenters. The van der Waals surface area contributed by atoms with Crippen LogP contribution in [0.4, 0.5) is 11.5 Å². The second kappa shape index (κ2) is 5.59. The van der Waals surface area contributed by atoms with Crippen molar-refractivity contribution in [2.24, 2.45) is 0 Å². The van der Waals surface area contributed by atoms with Crippen molar-refractivity contribution in [1.82, 2.24) is 9.55 Å². The quantitative estimate of drug-likeness (QED) is 0.692. The van der Waals surface area contributed by atoms with Gasteiger partial charge in [0.2, 0.25) is 11.7 Å². The van der Waals surface area contributed by atoms with Crippen LogP contribution in [0.3, 0.4) is 0 Å². The van der Waals surface area contributed by atoms with E-state index in [9.17, 15) is 14.9 Å².